The number of hydrogen-bond acceptors (Lipinski definition) is 7. The van der Waals surface area contributed by atoms with E-state index in [-0.39, 0.29) is 0 Å². The molecule has 27 heavy (non-hydrogen) atoms. The Bertz CT molecular complexity index is 615. The highest BCUT2D eigenvalue weighted by Gasteiger charge is 2.30. The van der Waals surface area contributed by atoms with Gasteiger partial charge in [-0.25, -0.2) is 0 Å². The molecule has 0 aliphatic carbocycles. The zero-order valence-electron chi connectivity index (χ0n) is 17.0. The molecule has 0 aromatic carbocycles. The van der Waals surface area contributed by atoms with Crippen molar-refractivity contribution in [2.45, 2.75) is 38.6 Å². The maximum atomic E-state index is 6.03. The van der Waals surface area contributed by atoms with Crippen molar-refractivity contribution in [2.75, 3.05) is 74.9 Å². The topological polar surface area (TPSA) is 64.8 Å². The maximum absolute atomic E-state index is 6.03. The molecule has 0 saturated carbocycles. The molecule has 3 fully saturated rings. The van der Waals surface area contributed by atoms with Crippen LogP contribution in [0.1, 0.15) is 32.6 Å². The highest BCUT2D eigenvalue weighted by Crippen LogP contribution is 2.29. The molecule has 3 aliphatic heterocycles. The smallest absolute Gasteiger partial charge is 0.223 e. The van der Waals surface area contributed by atoms with Crippen LogP contribution in [-0.4, -0.2) is 85.2 Å². The Hall–Kier alpha value is -1.60. The molecule has 3 aliphatic rings. The Morgan fingerprint density at radius 3 is 2.04 bits per heavy atom. The predicted octanol–water partition coefficient (Wildman–Crippen LogP) is 1.51. The van der Waals surface area contributed by atoms with Crippen LogP contribution in [0.25, 0.3) is 0 Å². The molecule has 0 radical (unpaired) electrons. The van der Waals surface area contributed by atoms with E-state index in [0.29, 0.717) is 12.0 Å². The first-order valence-corrected chi connectivity index (χ1v) is 10.7. The second-order valence-corrected chi connectivity index (χ2v) is 8.54. The zero-order chi connectivity index (χ0) is 18.8. The monoisotopic (exact) mass is 373 g/mol. The molecular formula is C20H35N7. The standard InChI is InChI=1S/C20H35N7/c1-16(25-13-11-24(2)12-14-25)17-5-9-27(10-6-17)19-15-18(22-20(21)23-19)26-7-3-4-8-26/h15-17H,3-14H2,1-2H3,(H2,21,22,23). The van der Waals surface area contributed by atoms with E-state index in [4.69, 9.17) is 5.73 Å². The average molecular weight is 374 g/mol. The number of anilines is 3. The van der Waals surface area contributed by atoms with Crippen molar-refractivity contribution < 1.29 is 0 Å². The molecule has 0 amide bonds. The molecule has 7 heteroatoms. The van der Waals surface area contributed by atoms with Crippen LogP contribution in [-0.2, 0) is 0 Å². The average Bonchev–Trinajstić information content (AvgIpc) is 3.23. The summed E-state index contributed by atoms with van der Waals surface area (Å²) < 4.78 is 0. The normalized spacial score (nSPS) is 24.5. The Labute approximate surface area is 163 Å². The fraction of sp³-hybridized carbons (Fsp3) is 0.800. The van der Waals surface area contributed by atoms with Crippen molar-refractivity contribution in [3.05, 3.63) is 6.07 Å². The molecule has 7 nitrogen and oxygen atoms in total. The fourth-order valence-electron chi connectivity index (χ4n) is 4.85. The summed E-state index contributed by atoms with van der Waals surface area (Å²) in [5.41, 5.74) is 6.03. The van der Waals surface area contributed by atoms with Gasteiger partial charge in [0.15, 0.2) is 0 Å². The van der Waals surface area contributed by atoms with Crippen LogP contribution < -0.4 is 15.5 Å². The molecule has 1 aromatic heterocycles. The van der Waals surface area contributed by atoms with E-state index in [1.807, 2.05) is 0 Å². The number of piperidine rings is 1. The molecule has 2 N–H and O–H groups in total. The van der Waals surface area contributed by atoms with Gasteiger partial charge in [0.05, 0.1) is 0 Å². The van der Waals surface area contributed by atoms with Gasteiger partial charge in [0, 0.05) is 64.5 Å². The first kappa shape index (κ1) is 18.7. The van der Waals surface area contributed by atoms with Crippen molar-refractivity contribution >= 4 is 17.6 Å². The summed E-state index contributed by atoms with van der Waals surface area (Å²) in [6.07, 6.45) is 4.95. The lowest BCUT2D eigenvalue weighted by Gasteiger charge is -2.43. The summed E-state index contributed by atoms with van der Waals surface area (Å²) in [6, 6.07) is 2.82. The second-order valence-electron chi connectivity index (χ2n) is 8.54. The van der Waals surface area contributed by atoms with Gasteiger partial charge in [-0.1, -0.05) is 0 Å². The molecule has 150 valence electrons. The Morgan fingerprint density at radius 2 is 1.44 bits per heavy atom. The van der Waals surface area contributed by atoms with Crippen LogP contribution in [0.2, 0.25) is 0 Å². The van der Waals surface area contributed by atoms with Gasteiger partial charge in [-0.2, -0.15) is 9.97 Å². The van der Waals surface area contributed by atoms with Crippen molar-refractivity contribution in [3.8, 4) is 0 Å². The van der Waals surface area contributed by atoms with Crippen LogP contribution in [0, 0.1) is 5.92 Å². The predicted molar refractivity (Wildman–Crippen MR) is 111 cm³/mol. The molecule has 3 saturated heterocycles. The number of aromatic nitrogens is 2. The molecular weight excluding hydrogens is 338 g/mol. The number of nitrogen functional groups attached to an aromatic ring is 1. The summed E-state index contributed by atoms with van der Waals surface area (Å²) in [7, 11) is 2.23. The number of piperazine rings is 1. The minimum atomic E-state index is 0.405. The van der Waals surface area contributed by atoms with Gasteiger partial charge in [0.25, 0.3) is 0 Å². The third-order valence-electron chi connectivity index (χ3n) is 6.81. The van der Waals surface area contributed by atoms with Crippen molar-refractivity contribution in [1.29, 1.82) is 0 Å². The highest BCUT2D eigenvalue weighted by atomic mass is 15.3. The lowest BCUT2D eigenvalue weighted by molar-refractivity contribution is 0.0813. The quantitative estimate of drug-likeness (QED) is 0.858. The largest absolute Gasteiger partial charge is 0.368 e. The molecule has 0 spiro atoms. The summed E-state index contributed by atoms with van der Waals surface area (Å²) in [5.74, 6) is 3.20. The van der Waals surface area contributed by atoms with E-state index >= 15 is 0 Å². The molecule has 1 atom stereocenters. The van der Waals surface area contributed by atoms with Gasteiger partial charge < -0.3 is 20.4 Å². The van der Waals surface area contributed by atoms with Crippen LogP contribution in [0.15, 0.2) is 6.07 Å². The van der Waals surface area contributed by atoms with E-state index in [2.05, 4.69) is 49.6 Å². The fourth-order valence-corrected chi connectivity index (χ4v) is 4.85. The Kier molecular flexibility index (Phi) is 5.68. The summed E-state index contributed by atoms with van der Waals surface area (Å²) >= 11 is 0. The maximum Gasteiger partial charge on any atom is 0.223 e. The Balaban J connectivity index is 1.36. The van der Waals surface area contributed by atoms with Crippen LogP contribution in [0.5, 0.6) is 0 Å². The van der Waals surface area contributed by atoms with E-state index in [1.54, 1.807) is 0 Å². The zero-order valence-corrected chi connectivity index (χ0v) is 17.0. The number of likely N-dealkylation sites (N-methyl/N-ethyl adjacent to an activating group) is 1. The third kappa shape index (κ3) is 4.29. The van der Waals surface area contributed by atoms with Crippen LogP contribution >= 0.6 is 0 Å². The molecule has 4 rings (SSSR count). The SMILES string of the molecule is CC(C1CCN(c2cc(N3CCCC3)nc(N)n2)CC1)N1CCN(C)CC1. The lowest BCUT2D eigenvalue weighted by atomic mass is 9.89. The first-order valence-electron chi connectivity index (χ1n) is 10.7. The van der Waals surface area contributed by atoms with Gasteiger partial charge in [0.1, 0.15) is 11.6 Å². The summed E-state index contributed by atoms with van der Waals surface area (Å²) in [4.78, 5) is 18.9. The van der Waals surface area contributed by atoms with Gasteiger partial charge in [-0.3, -0.25) is 4.90 Å². The molecule has 1 unspecified atom stereocenters. The van der Waals surface area contributed by atoms with Gasteiger partial charge in [-0.05, 0) is 45.6 Å². The van der Waals surface area contributed by atoms with Crippen LogP contribution in [0.4, 0.5) is 17.6 Å². The van der Waals surface area contributed by atoms with E-state index in [0.717, 1.165) is 43.7 Å². The van der Waals surface area contributed by atoms with Gasteiger partial charge in [0.2, 0.25) is 5.95 Å². The van der Waals surface area contributed by atoms with Crippen molar-refractivity contribution in [1.82, 2.24) is 19.8 Å². The van der Waals surface area contributed by atoms with E-state index in [9.17, 15) is 0 Å². The van der Waals surface area contributed by atoms with Crippen molar-refractivity contribution in [2.24, 2.45) is 5.92 Å². The minimum Gasteiger partial charge on any atom is -0.368 e. The second kappa shape index (κ2) is 8.19. The van der Waals surface area contributed by atoms with Crippen molar-refractivity contribution in [3.63, 3.8) is 0 Å². The highest BCUT2D eigenvalue weighted by molar-refractivity contribution is 5.54. The molecule has 0 bridgehead atoms. The van der Waals surface area contributed by atoms with Gasteiger partial charge >= 0.3 is 0 Å². The van der Waals surface area contributed by atoms with E-state index in [1.165, 1.54) is 51.9 Å². The number of hydrogen-bond donors (Lipinski definition) is 1. The van der Waals surface area contributed by atoms with E-state index < -0.39 is 0 Å². The number of rotatable bonds is 4. The number of nitrogens with two attached hydrogens (primary N) is 1. The van der Waals surface area contributed by atoms with Gasteiger partial charge in [-0.15, -0.1) is 0 Å². The van der Waals surface area contributed by atoms with Crippen LogP contribution in [0.3, 0.4) is 0 Å². The molecule has 1 aromatic rings. The summed E-state index contributed by atoms with van der Waals surface area (Å²) in [5, 5.41) is 0. The lowest BCUT2D eigenvalue weighted by Crippen LogP contribution is -2.51. The Morgan fingerprint density at radius 1 is 0.889 bits per heavy atom. The third-order valence-corrected chi connectivity index (χ3v) is 6.81. The number of nitrogens with zero attached hydrogens (tertiary/aromatic N) is 6. The molecule has 4 heterocycles. The summed E-state index contributed by atoms with van der Waals surface area (Å²) in [6.45, 7) is 11.5. The minimum absolute atomic E-state index is 0.405. The first-order chi connectivity index (χ1) is 13.1.